The summed E-state index contributed by atoms with van der Waals surface area (Å²) in [6, 6.07) is 8.14. The van der Waals surface area contributed by atoms with Crippen LogP contribution >= 0.6 is 0 Å². The number of carbonyl (C=O) groups is 1. The van der Waals surface area contributed by atoms with E-state index in [2.05, 4.69) is 24.3 Å². The number of hydrogen-bond acceptors (Lipinski definition) is 4. The molecule has 1 N–H and O–H groups in total. The fourth-order valence-corrected chi connectivity index (χ4v) is 3.16. The predicted octanol–water partition coefficient (Wildman–Crippen LogP) is 2.90. The molecule has 1 aliphatic heterocycles. The molecule has 6 nitrogen and oxygen atoms in total. The Morgan fingerprint density at radius 3 is 2.72 bits per heavy atom. The molecule has 0 spiro atoms. The van der Waals surface area contributed by atoms with Gasteiger partial charge in [0, 0.05) is 19.6 Å². The number of amides is 1. The molecule has 1 aromatic heterocycles. The largest absolute Gasteiger partial charge is 0.480 e. The Morgan fingerprint density at radius 2 is 2.08 bits per heavy atom. The summed E-state index contributed by atoms with van der Waals surface area (Å²) in [5.74, 6) is 1.08. The number of hydrogen-bond donors (Lipinski definition) is 1. The molecule has 3 rings (SSSR count). The summed E-state index contributed by atoms with van der Waals surface area (Å²) in [7, 11) is 1.87. The van der Waals surface area contributed by atoms with Crippen LogP contribution in [0.5, 0.6) is 5.75 Å². The average molecular weight is 342 g/mol. The van der Waals surface area contributed by atoms with Gasteiger partial charge in [-0.3, -0.25) is 9.48 Å². The van der Waals surface area contributed by atoms with Crippen molar-refractivity contribution in [1.29, 1.82) is 0 Å². The fourth-order valence-electron chi connectivity index (χ4n) is 3.16. The number of aryl methyl sites for hydroxylation is 2. The molecule has 25 heavy (non-hydrogen) atoms. The number of anilines is 2. The minimum atomic E-state index is -0.0396. The number of rotatable bonds is 4. The zero-order valence-electron chi connectivity index (χ0n) is 15.5. The Kier molecular flexibility index (Phi) is 4.70. The molecule has 2 heterocycles. The van der Waals surface area contributed by atoms with Crippen LogP contribution in [-0.4, -0.2) is 34.9 Å². The molecule has 0 saturated carbocycles. The van der Waals surface area contributed by atoms with Gasteiger partial charge >= 0.3 is 0 Å². The first-order valence-corrected chi connectivity index (χ1v) is 8.67. The highest BCUT2D eigenvalue weighted by atomic mass is 16.5. The second-order valence-corrected chi connectivity index (χ2v) is 6.93. The van der Waals surface area contributed by atoms with Crippen LogP contribution in [0.4, 0.5) is 11.4 Å². The molecule has 0 bridgehead atoms. The summed E-state index contributed by atoms with van der Waals surface area (Å²) < 4.78 is 7.59. The van der Waals surface area contributed by atoms with Crippen LogP contribution in [0.15, 0.2) is 24.3 Å². The number of nitrogens with zero attached hydrogens (tertiary/aromatic N) is 3. The lowest BCUT2D eigenvalue weighted by molar-refractivity contribution is -0.120. The minimum Gasteiger partial charge on any atom is -0.480 e. The van der Waals surface area contributed by atoms with Crippen LogP contribution in [0.3, 0.4) is 0 Å². The highest BCUT2D eigenvalue weighted by Gasteiger charge is 2.29. The third-order valence-corrected chi connectivity index (χ3v) is 4.80. The third kappa shape index (κ3) is 3.34. The molecule has 1 amide bonds. The van der Waals surface area contributed by atoms with Crippen molar-refractivity contribution >= 4 is 17.3 Å². The monoisotopic (exact) mass is 342 g/mol. The summed E-state index contributed by atoms with van der Waals surface area (Å²) in [6.45, 7) is 8.80. The van der Waals surface area contributed by atoms with Crippen molar-refractivity contribution in [2.75, 3.05) is 23.4 Å². The fraction of sp³-hybridized carbons (Fsp3) is 0.474. The number of nitrogens with one attached hydrogen (secondary N) is 1. The molecule has 0 fully saturated rings. The van der Waals surface area contributed by atoms with Crippen LogP contribution in [0.2, 0.25) is 0 Å². The van der Waals surface area contributed by atoms with Gasteiger partial charge < -0.3 is 15.0 Å². The molecule has 0 aliphatic carbocycles. The topological polar surface area (TPSA) is 59.4 Å². The van der Waals surface area contributed by atoms with Gasteiger partial charge in [0.15, 0.2) is 12.4 Å². The quantitative estimate of drug-likeness (QED) is 0.928. The summed E-state index contributed by atoms with van der Waals surface area (Å²) in [5, 5.41) is 7.86. The van der Waals surface area contributed by atoms with E-state index in [1.54, 1.807) is 4.68 Å². The highest BCUT2D eigenvalue weighted by molar-refractivity contribution is 5.98. The number of aromatic nitrogens is 2. The summed E-state index contributed by atoms with van der Waals surface area (Å²) in [6.07, 6.45) is 0. The maximum absolute atomic E-state index is 12.9. The van der Waals surface area contributed by atoms with Crippen molar-refractivity contribution in [2.24, 2.45) is 13.0 Å². The van der Waals surface area contributed by atoms with E-state index in [0.29, 0.717) is 18.2 Å². The lowest BCUT2D eigenvalue weighted by Gasteiger charge is -2.37. The number of fused-ring (bicyclic) bond motifs is 1. The van der Waals surface area contributed by atoms with Crippen LogP contribution in [-0.2, 0) is 11.8 Å². The minimum absolute atomic E-state index is 0.00647. The van der Waals surface area contributed by atoms with Gasteiger partial charge in [-0.2, -0.15) is 5.10 Å². The number of carbonyl (C=O) groups excluding carboxylic acids is 1. The Bertz CT molecular complexity index is 782. The molecule has 6 heteroatoms. The van der Waals surface area contributed by atoms with Gasteiger partial charge in [-0.05, 0) is 31.9 Å². The normalized spacial score (nSPS) is 16.6. The summed E-state index contributed by atoms with van der Waals surface area (Å²) in [5.41, 5.74) is 3.63. The Labute approximate surface area is 148 Å². The molecule has 1 aromatic carbocycles. The van der Waals surface area contributed by atoms with E-state index in [1.165, 1.54) is 0 Å². The molecule has 0 unspecified atom stereocenters. The van der Waals surface area contributed by atoms with Gasteiger partial charge in [0.05, 0.1) is 17.1 Å². The molecule has 2 aromatic rings. The standard InChI is InChI=1S/C19H26N4O2/c1-12(2)16-10-23(17-9-7-6-8-15(17)20-16)18(24)11-25-19-13(3)21-22(5)14(19)4/h6-9,12,16,20H,10-11H2,1-5H3/t16-/m0/s1. The zero-order chi connectivity index (χ0) is 18.1. The Balaban J connectivity index is 1.79. The average Bonchev–Trinajstić information content (AvgIpc) is 2.83. The number of benzene rings is 1. The third-order valence-electron chi connectivity index (χ3n) is 4.80. The number of para-hydroxylation sites is 2. The molecular formula is C19H26N4O2. The first-order chi connectivity index (χ1) is 11.9. The van der Waals surface area contributed by atoms with E-state index in [9.17, 15) is 4.79 Å². The van der Waals surface area contributed by atoms with Crippen LogP contribution < -0.4 is 15.0 Å². The molecule has 0 radical (unpaired) electrons. The molecule has 134 valence electrons. The van der Waals surface area contributed by atoms with Crippen molar-refractivity contribution in [2.45, 2.75) is 33.7 Å². The second-order valence-electron chi connectivity index (χ2n) is 6.93. The van der Waals surface area contributed by atoms with Crippen molar-refractivity contribution in [3.63, 3.8) is 0 Å². The van der Waals surface area contributed by atoms with Crippen LogP contribution in [0.25, 0.3) is 0 Å². The number of ether oxygens (including phenoxy) is 1. The molecular weight excluding hydrogens is 316 g/mol. The first-order valence-electron chi connectivity index (χ1n) is 8.67. The van der Waals surface area contributed by atoms with Gasteiger partial charge in [0.1, 0.15) is 5.69 Å². The van der Waals surface area contributed by atoms with E-state index in [1.807, 2.05) is 50.1 Å². The van der Waals surface area contributed by atoms with Gasteiger partial charge in [-0.25, -0.2) is 0 Å². The van der Waals surface area contributed by atoms with E-state index >= 15 is 0 Å². The summed E-state index contributed by atoms with van der Waals surface area (Å²) in [4.78, 5) is 14.7. The van der Waals surface area contributed by atoms with E-state index in [0.717, 1.165) is 22.8 Å². The maximum atomic E-state index is 12.9. The second kappa shape index (κ2) is 6.78. The van der Waals surface area contributed by atoms with Crippen molar-refractivity contribution in [1.82, 2.24) is 9.78 Å². The van der Waals surface area contributed by atoms with Gasteiger partial charge in [-0.1, -0.05) is 26.0 Å². The van der Waals surface area contributed by atoms with Crippen LogP contribution in [0, 0.1) is 19.8 Å². The molecule has 1 atom stereocenters. The van der Waals surface area contributed by atoms with Crippen LogP contribution in [0.1, 0.15) is 25.2 Å². The van der Waals surface area contributed by atoms with E-state index < -0.39 is 0 Å². The predicted molar refractivity (Wildman–Crippen MR) is 99.2 cm³/mol. The van der Waals surface area contributed by atoms with Gasteiger partial charge in [-0.15, -0.1) is 0 Å². The maximum Gasteiger partial charge on any atom is 0.265 e. The Hall–Kier alpha value is -2.50. The SMILES string of the molecule is Cc1nn(C)c(C)c1OCC(=O)N1C[C@@H](C(C)C)Nc2ccccc21. The first kappa shape index (κ1) is 17.3. The zero-order valence-corrected chi connectivity index (χ0v) is 15.5. The van der Waals surface area contributed by atoms with Crippen molar-refractivity contribution in [3.05, 3.63) is 35.7 Å². The van der Waals surface area contributed by atoms with Gasteiger partial charge in [0.25, 0.3) is 5.91 Å². The van der Waals surface area contributed by atoms with E-state index in [-0.39, 0.29) is 18.6 Å². The molecule has 1 aliphatic rings. The van der Waals surface area contributed by atoms with Crippen molar-refractivity contribution in [3.8, 4) is 5.75 Å². The highest BCUT2D eigenvalue weighted by Crippen LogP contribution is 2.32. The smallest absolute Gasteiger partial charge is 0.265 e. The lowest BCUT2D eigenvalue weighted by Crippen LogP contribution is -2.48. The van der Waals surface area contributed by atoms with Crippen molar-refractivity contribution < 1.29 is 9.53 Å². The molecule has 0 saturated heterocycles. The lowest BCUT2D eigenvalue weighted by atomic mass is 10.00. The van der Waals surface area contributed by atoms with Gasteiger partial charge in [0.2, 0.25) is 0 Å². The Morgan fingerprint density at radius 1 is 1.36 bits per heavy atom. The van der Waals surface area contributed by atoms with E-state index in [4.69, 9.17) is 4.74 Å². The summed E-state index contributed by atoms with van der Waals surface area (Å²) >= 11 is 0.